The molecular formula is C24H20N6O2S3. The summed E-state index contributed by atoms with van der Waals surface area (Å²) in [6, 6.07) is 17.9. The second-order valence-corrected chi connectivity index (χ2v) is 11.0. The number of aromatic nitrogens is 6. The molecule has 0 amide bonds. The van der Waals surface area contributed by atoms with Crippen LogP contribution >= 0.6 is 34.9 Å². The number of carbonyl (C=O) groups excluding carboxylic acids is 1. The number of aromatic amines is 1. The zero-order valence-electron chi connectivity index (χ0n) is 18.7. The summed E-state index contributed by atoms with van der Waals surface area (Å²) >= 11 is 4.24. The molecule has 3 heterocycles. The van der Waals surface area contributed by atoms with Gasteiger partial charge in [-0.3, -0.25) is 9.59 Å². The van der Waals surface area contributed by atoms with Gasteiger partial charge in [-0.25, -0.2) is 9.67 Å². The van der Waals surface area contributed by atoms with Crippen LogP contribution in [0.5, 0.6) is 0 Å². The summed E-state index contributed by atoms with van der Waals surface area (Å²) in [7, 11) is 0. The van der Waals surface area contributed by atoms with E-state index in [-0.39, 0.29) is 23.5 Å². The van der Waals surface area contributed by atoms with Gasteiger partial charge >= 0.3 is 0 Å². The summed E-state index contributed by atoms with van der Waals surface area (Å²) in [6.45, 7) is 2.06. The summed E-state index contributed by atoms with van der Waals surface area (Å²) in [4.78, 5) is 32.3. The van der Waals surface area contributed by atoms with E-state index in [2.05, 4.69) is 56.5 Å². The van der Waals surface area contributed by atoms with Gasteiger partial charge in [-0.2, -0.15) is 5.10 Å². The first-order valence-electron chi connectivity index (χ1n) is 10.7. The third-order valence-corrected chi connectivity index (χ3v) is 8.13. The molecule has 3 aromatic heterocycles. The minimum atomic E-state index is -0.286. The molecule has 0 aliphatic carbocycles. The van der Waals surface area contributed by atoms with E-state index in [1.807, 2.05) is 30.3 Å². The predicted molar refractivity (Wildman–Crippen MR) is 140 cm³/mol. The van der Waals surface area contributed by atoms with Crippen molar-refractivity contribution in [2.75, 3.05) is 5.75 Å². The van der Waals surface area contributed by atoms with Gasteiger partial charge < -0.3 is 4.98 Å². The van der Waals surface area contributed by atoms with Gasteiger partial charge in [0.25, 0.3) is 5.56 Å². The first-order chi connectivity index (χ1) is 17.0. The number of ketones is 1. The van der Waals surface area contributed by atoms with Gasteiger partial charge in [-0.15, -0.1) is 10.2 Å². The Labute approximate surface area is 213 Å². The highest BCUT2D eigenvalue weighted by atomic mass is 32.2. The molecule has 0 atom stereocenters. The molecule has 35 heavy (non-hydrogen) atoms. The molecule has 5 aromatic rings. The zero-order chi connectivity index (χ0) is 24.2. The van der Waals surface area contributed by atoms with Gasteiger partial charge in [0.05, 0.1) is 24.1 Å². The van der Waals surface area contributed by atoms with Crippen LogP contribution in [0.3, 0.4) is 0 Å². The Kier molecular flexibility index (Phi) is 7.07. The maximum absolute atomic E-state index is 12.6. The number of aryl methyl sites for hydroxylation is 1. The Morgan fingerprint density at radius 2 is 1.86 bits per heavy atom. The second kappa shape index (κ2) is 10.5. The van der Waals surface area contributed by atoms with E-state index in [0.29, 0.717) is 21.2 Å². The lowest BCUT2D eigenvalue weighted by atomic mass is 10.2. The molecule has 0 fully saturated rings. The Morgan fingerprint density at radius 3 is 2.66 bits per heavy atom. The predicted octanol–water partition coefficient (Wildman–Crippen LogP) is 4.46. The van der Waals surface area contributed by atoms with Gasteiger partial charge in [0.2, 0.25) is 0 Å². The van der Waals surface area contributed by atoms with Crippen molar-refractivity contribution in [2.24, 2.45) is 0 Å². The normalized spacial score (nSPS) is 11.2. The molecule has 11 heteroatoms. The first-order valence-corrected chi connectivity index (χ1v) is 13.5. The molecule has 0 radical (unpaired) electrons. The topological polar surface area (TPSA) is 106 Å². The van der Waals surface area contributed by atoms with Crippen molar-refractivity contribution in [1.29, 1.82) is 0 Å². The van der Waals surface area contributed by atoms with Crippen molar-refractivity contribution in [3.8, 4) is 5.69 Å². The molecule has 1 N–H and O–H groups in total. The van der Waals surface area contributed by atoms with Crippen LogP contribution in [0, 0.1) is 6.92 Å². The van der Waals surface area contributed by atoms with E-state index >= 15 is 0 Å². The van der Waals surface area contributed by atoms with E-state index in [9.17, 15) is 9.59 Å². The number of benzene rings is 2. The quantitative estimate of drug-likeness (QED) is 0.224. The summed E-state index contributed by atoms with van der Waals surface area (Å²) < 4.78 is 2.46. The summed E-state index contributed by atoms with van der Waals surface area (Å²) in [6.07, 6.45) is 1.70. The van der Waals surface area contributed by atoms with Gasteiger partial charge in [-0.05, 0) is 24.6 Å². The van der Waals surface area contributed by atoms with Gasteiger partial charge in [0.15, 0.2) is 15.1 Å². The molecule has 0 unspecified atom stereocenters. The third kappa shape index (κ3) is 5.69. The number of hydrogen-bond acceptors (Lipinski definition) is 9. The Hall–Kier alpha value is -3.28. The number of Topliss-reactive ketones (excluding diaryl/α,β-unsaturated/α-hetero) is 1. The van der Waals surface area contributed by atoms with Crippen LogP contribution in [0.2, 0.25) is 0 Å². The molecule has 0 bridgehead atoms. The summed E-state index contributed by atoms with van der Waals surface area (Å²) in [5.41, 5.74) is 3.42. The van der Waals surface area contributed by atoms with E-state index in [4.69, 9.17) is 0 Å². The maximum atomic E-state index is 12.6. The SMILES string of the molecule is Cc1ccc(CSc2nnc(CC(=O)CSc3nc4c(cnn4-c4ccccc4)c(=O)[nH]3)s2)cc1. The van der Waals surface area contributed by atoms with Crippen molar-refractivity contribution in [2.45, 2.75) is 28.6 Å². The molecule has 0 saturated heterocycles. The lowest BCUT2D eigenvalue weighted by Crippen LogP contribution is -2.11. The number of hydrogen-bond donors (Lipinski definition) is 1. The largest absolute Gasteiger partial charge is 0.301 e. The molecule has 0 spiro atoms. The molecule has 176 valence electrons. The smallest absolute Gasteiger partial charge is 0.262 e. The molecule has 2 aromatic carbocycles. The van der Waals surface area contributed by atoms with Crippen molar-refractivity contribution in [3.05, 3.63) is 87.3 Å². The fourth-order valence-electron chi connectivity index (χ4n) is 3.29. The summed E-state index contributed by atoms with van der Waals surface area (Å²) in [5.74, 6) is 0.958. The fraction of sp³-hybridized carbons (Fsp3) is 0.167. The Balaban J connectivity index is 1.20. The number of rotatable bonds is 9. The molecule has 8 nitrogen and oxygen atoms in total. The van der Waals surface area contributed by atoms with Crippen LogP contribution in [-0.2, 0) is 17.0 Å². The molecule has 0 saturated carbocycles. The maximum Gasteiger partial charge on any atom is 0.262 e. The van der Waals surface area contributed by atoms with Gasteiger partial charge in [-0.1, -0.05) is 82.9 Å². The fourth-order valence-corrected chi connectivity index (χ4v) is 5.89. The Morgan fingerprint density at radius 1 is 1.06 bits per heavy atom. The molecule has 0 aliphatic heterocycles. The minimum Gasteiger partial charge on any atom is -0.301 e. The van der Waals surface area contributed by atoms with Crippen LogP contribution in [0.15, 0.2) is 75.1 Å². The van der Waals surface area contributed by atoms with Crippen molar-refractivity contribution < 1.29 is 4.79 Å². The number of carbonyl (C=O) groups is 1. The first kappa shape index (κ1) is 23.5. The van der Waals surface area contributed by atoms with E-state index in [0.717, 1.165) is 15.8 Å². The van der Waals surface area contributed by atoms with Crippen LogP contribution in [0.4, 0.5) is 0 Å². The molecular weight excluding hydrogens is 501 g/mol. The number of para-hydroxylation sites is 1. The van der Waals surface area contributed by atoms with E-state index in [1.165, 1.54) is 40.4 Å². The van der Waals surface area contributed by atoms with Crippen LogP contribution < -0.4 is 5.56 Å². The minimum absolute atomic E-state index is 0.0134. The highest BCUT2D eigenvalue weighted by Crippen LogP contribution is 2.27. The van der Waals surface area contributed by atoms with Gasteiger partial charge in [0, 0.05) is 5.75 Å². The summed E-state index contributed by atoms with van der Waals surface area (Å²) in [5, 5.41) is 14.1. The number of fused-ring (bicyclic) bond motifs is 1. The lowest BCUT2D eigenvalue weighted by molar-refractivity contribution is -0.116. The number of H-pyrrole nitrogens is 1. The third-order valence-electron chi connectivity index (χ3n) is 5.07. The molecule has 0 aliphatic rings. The average Bonchev–Trinajstić information content (AvgIpc) is 3.50. The van der Waals surface area contributed by atoms with Crippen molar-refractivity contribution in [3.63, 3.8) is 0 Å². The standard InChI is InChI=1S/C24H20N6O2S3/c1-15-7-9-16(10-8-15)13-34-24-29-28-20(35-24)11-18(31)14-33-23-26-21-19(22(32)27-23)12-25-30(21)17-5-3-2-4-6-17/h2-10,12H,11,13-14H2,1H3,(H,26,27,32). The Bertz CT molecular complexity index is 1530. The number of nitrogens with one attached hydrogen (secondary N) is 1. The highest BCUT2D eigenvalue weighted by molar-refractivity contribution is 8.00. The monoisotopic (exact) mass is 520 g/mol. The lowest BCUT2D eigenvalue weighted by Gasteiger charge is -2.04. The van der Waals surface area contributed by atoms with Crippen molar-refractivity contribution in [1.82, 2.24) is 29.9 Å². The van der Waals surface area contributed by atoms with Crippen LogP contribution in [0.25, 0.3) is 16.7 Å². The second-order valence-electron chi connectivity index (χ2n) is 7.74. The van der Waals surface area contributed by atoms with Crippen LogP contribution in [0.1, 0.15) is 16.1 Å². The number of nitrogens with zero attached hydrogens (tertiary/aromatic N) is 5. The van der Waals surface area contributed by atoms with Crippen molar-refractivity contribution >= 4 is 51.7 Å². The van der Waals surface area contributed by atoms with Crippen LogP contribution in [-0.4, -0.2) is 41.5 Å². The van der Waals surface area contributed by atoms with Gasteiger partial charge in [0.1, 0.15) is 16.2 Å². The number of thioether (sulfide) groups is 2. The van der Waals surface area contributed by atoms with E-state index in [1.54, 1.807) is 16.4 Å². The average molecular weight is 521 g/mol. The van der Waals surface area contributed by atoms with E-state index < -0.39 is 0 Å². The highest BCUT2D eigenvalue weighted by Gasteiger charge is 2.14. The zero-order valence-corrected chi connectivity index (χ0v) is 21.1. The molecule has 5 rings (SSSR count).